The average molecular weight is 464 g/mol. The highest BCUT2D eigenvalue weighted by Gasteiger charge is 2.31. The van der Waals surface area contributed by atoms with Crippen LogP contribution in [0.5, 0.6) is 5.88 Å². The molecule has 0 bridgehead atoms. The maximum atomic E-state index is 12.2. The van der Waals surface area contributed by atoms with E-state index in [0.29, 0.717) is 24.1 Å². The lowest BCUT2D eigenvalue weighted by atomic mass is 10.2. The number of fused-ring (bicyclic) bond motifs is 1. The molecule has 0 aliphatic rings. The molecule has 3 rings (SSSR count). The highest BCUT2D eigenvalue weighted by atomic mass is 31.2. The number of esters is 1. The van der Waals surface area contributed by atoms with Gasteiger partial charge in [0.25, 0.3) is 0 Å². The third-order valence-electron chi connectivity index (χ3n) is 4.08. The van der Waals surface area contributed by atoms with Gasteiger partial charge in [0.05, 0.1) is 11.7 Å². The molecular formula is C19H20N3O7P2+. The predicted molar refractivity (Wildman–Crippen MR) is 112 cm³/mol. The van der Waals surface area contributed by atoms with Crippen LogP contribution in [0, 0.1) is 6.92 Å². The summed E-state index contributed by atoms with van der Waals surface area (Å²) in [6, 6.07) is 12.0. The molecule has 0 aliphatic heterocycles. The Morgan fingerprint density at radius 2 is 2.00 bits per heavy atom. The van der Waals surface area contributed by atoms with E-state index < -0.39 is 21.8 Å². The van der Waals surface area contributed by atoms with Gasteiger partial charge in [-0.3, -0.25) is 4.57 Å². The predicted octanol–water partition coefficient (Wildman–Crippen LogP) is 3.60. The molecular weight excluding hydrogens is 444 g/mol. The molecule has 0 saturated heterocycles. The van der Waals surface area contributed by atoms with Gasteiger partial charge < -0.3 is 9.63 Å². The number of hydrogen-bond donors (Lipinski definition) is 2. The SMILES string of the molecule is Cc1cc(CCC=CCP(=O)(O)O[P+](=O)O)n2nc(OC(=O)c3ccccc3)cc2n1. The van der Waals surface area contributed by atoms with Gasteiger partial charge in [-0.2, -0.15) is 0 Å². The minimum absolute atomic E-state index is 0.125. The van der Waals surface area contributed by atoms with Gasteiger partial charge in [0.2, 0.25) is 5.88 Å². The summed E-state index contributed by atoms with van der Waals surface area (Å²) >= 11 is 0. The fraction of sp³-hybridized carbons (Fsp3) is 0.211. The first-order valence-corrected chi connectivity index (χ1v) is 12.1. The number of carbonyl (C=O) groups excluding carboxylic acids is 1. The fourth-order valence-electron chi connectivity index (χ4n) is 2.81. The van der Waals surface area contributed by atoms with Crippen molar-refractivity contribution >= 4 is 27.5 Å². The standard InChI is InChI=1S/C19H19N3O7P2/c1-14-12-16(10-6-3-7-11-31(26,27)29-30(24)25)22-17(20-14)13-18(21-22)28-19(23)15-8-4-2-5-9-15/h2-5,7-9,12-13H,6,10-11H2,1H3,(H-,24,25,26,27)/p+1. The highest BCUT2D eigenvalue weighted by molar-refractivity contribution is 7.59. The van der Waals surface area contributed by atoms with Crippen LogP contribution in [0.3, 0.4) is 0 Å². The molecule has 2 N–H and O–H groups in total. The van der Waals surface area contributed by atoms with Gasteiger partial charge in [0.1, 0.15) is 0 Å². The Morgan fingerprint density at radius 1 is 1.26 bits per heavy atom. The van der Waals surface area contributed by atoms with Crippen molar-refractivity contribution in [2.24, 2.45) is 0 Å². The Labute approximate surface area is 178 Å². The Kier molecular flexibility index (Phi) is 7.43. The van der Waals surface area contributed by atoms with Crippen LogP contribution in [0.4, 0.5) is 0 Å². The molecule has 2 heterocycles. The number of benzene rings is 1. The monoisotopic (exact) mass is 464 g/mol. The van der Waals surface area contributed by atoms with Crippen LogP contribution in [-0.2, 0) is 19.9 Å². The van der Waals surface area contributed by atoms with Crippen molar-refractivity contribution in [3.05, 3.63) is 71.6 Å². The second-order valence-corrected chi connectivity index (χ2v) is 9.32. The molecule has 2 atom stereocenters. The summed E-state index contributed by atoms with van der Waals surface area (Å²) in [5.74, 6) is -0.397. The maximum absolute atomic E-state index is 12.2. The van der Waals surface area contributed by atoms with E-state index in [1.54, 1.807) is 47.0 Å². The lowest BCUT2D eigenvalue weighted by molar-refractivity contribution is 0.0727. The second kappa shape index (κ2) is 10.0. The van der Waals surface area contributed by atoms with E-state index in [-0.39, 0.29) is 12.0 Å². The lowest BCUT2D eigenvalue weighted by Crippen LogP contribution is -2.08. The number of rotatable bonds is 9. The van der Waals surface area contributed by atoms with Gasteiger partial charge in [-0.05, 0) is 42.3 Å². The van der Waals surface area contributed by atoms with Crippen LogP contribution in [0.25, 0.3) is 5.65 Å². The van der Waals surface area contributed by atoms with E-state index in [9.17, 15) is 18.8 Å². The summed E-state index contributed by atoms with van der Waals surface area (Å²) in [5.41, 5.74) is 2.49. The van der Waals surface area contributed by atoms with E-state index in [2.05, 4.69) is 14.4 Å². The maximum Gasteiger partial charge on any atom is 0.703 e. The summed E-state index contributed by atoms with van der Waals surface area (Å²) < 4.78 is 33.1. The quantitative estimate of drug-likeness (QED) is 0.276. The molecule has 2 aromatic heterocycles. The average Bonchev–Trinajstić information content (AvgIpc) is 3.09. The van der Waals surface area contributed by atoms with Gasteiger partial charge in [0, 0.05) is 22.0 Å². The first-order valence-electron chi connectivity index (χ1n) is 9.20. The van der Waals surface area contributed by atoms with Gasteiger partial charge in [-0.1, -0.05) is 30.4 Å². The summed E-state index contributed by atoms with van der Waals surface area (Å²) in [4.78, 5) is 34.6. The number of hydrogen-bond acceptors (Lipinski definition) is 7. The van der Waals surface area contributed by atoms with Gasteiger partial charge in [-0.25, -0.2) is 14.3 Å². The van der Waals surface area contributed by atoms with Crippen molar-refractivity contribution < 1.29 is 32.8 Å². The van der Waals surface area contributed by atoms with Crippen molar-refractivity contribution in [3.8, 4) is 5.88 Å². The van der Waals surface area contributed by atoms with Crippen molar-refractivity contribution in [2.45, 2.75) is 19.8 Å². The van der Waals surface area contributed by atoms with Crippen molar-refractivity contribution in [1.29, 1.82) is 0 Å². The van der Waals surface area contributed by atoms with Crippen LogP contribution < -0.4 is 4.74 Å². The highest BCUT2D eigenvalue weighted by Crippen LogP contribution is 2.49. The Bertz CT molecular complexity index is 1180. The first-order chi connectivity index (χ1) is 14.7. The largest absolute Gasteiger partial charge is 0.703 e. The van der Waals surface area contributed by atoms with E-state index in [1.807, 2.05) is 13.0 Å². The zero-order valence-corrected chi connectivity index (χ0v) is 18.3. The number of carbonyl (C=O) groups is 1. The normalized spacial score (nSPS) is 14.0. The Balaban J connectivity index is 1.68. The second-order valence-electron chi connectivity index (χ2n) is 6.55. The molecule has 0 spiro atoms. The molecule has 0 amide bonds. The van der Waals surface area contributed by atoms with E-state index >= 15 is 0 Å². The van der Waals surface area contributed by atoms with E-state index in [0.717, 1.165) is 11.4 Å². The summed E-state index contributed by atoms with van der Waals surface area (Å²) in [5, 5.41) is 4.31. The van der Waals surface area contributed by atoms with Crippen molar-refractivity contribution in [3.63, 3.8) is 0 Å². The molecule has 31 heavy (non-hydrogen) atoms. The van der Waals surface area contributed by atoms with E-state index in [4.69, 9.17) is 9.63 Å². The van der Waals surface area contributed by atoms with Crippen LogP contribution in [0.2, 0.25) is 0 Å². The van der Waals surface area contributed by atoms with Crippen molar-refractivity contribution in [2.75, 3.05) is 6.16 Å². The molecule has 10 nitrogen and oxygen atoms in total. The number of ether oxygens (including phenoxy) is 1. The summed E-state index contributed by atoms with van der Waals surface area (Å²) in [6.45, 7) is 1.83. The topological polar surface area (TPSA) is 140 Å². The third kappa shape index (κ3) is 6.62. The molecule has 0 saturated carbocycles. The number of allylic oxidation sites excluding steroid dienone is 2. The van der Waals surface area contributed by atoms with Gasteiger partial charge >= 0.3 is 21.8 Å². The van der Waals surface area contributed by atoms with Crippen molar-refractivity contribution in [1.82, 2.24) is 14.6 Å². The molecule has 3 aromatic rings. The molecule has 0 fully saturated rings. The molecule has 12 heteroatoms. The van der Waals surface area contributed by atoms with E-state index in [1.165, 1.54) is 6.08 Å². The smallest absolute Gasteiger partial charge is 0.402 e. The Morgan fingerprint density at radius 3 is 2.71 bits per heavy atom. The van der Waals surface area contributed by atoms with Crippen LogP contribution >= 0.6 is 15.9 Å². The third-order valence-corrected chi connectivity index (χ3v) is 6.33. The zero-order chi connectivity index (χ0) is 22.4. The lowest BCUT2D eigenvalue weighted by Gasteiger charge is -2.04. The fourth-order valence-corrected chi connectivity index (χ4v) is 4.37. The summed E-state index contributed by atoms with van der Waals surface area (Å²) in [6.07, 6.45) is 3.73. The van der Waals surface area contributed by atoms with Crippen LogP contribution in [0.15, 0.2) is 54.6 Å². The minimum atomic E-state index is -4.14. The molecule has 2 unspecified atom stereocenters. The van der Waals surface area contributed by atoms with Crippen LogP contribution in [-0.4, -0.2) is 36.5 Å². The number of nitrogens with zero attached hydrogens (tertiary/aromatic N) is 3. The van der Waals surface area contributed by atoms with Gasteiger partial charge in [-0.15, -0.1) is 9.99 Å². The molecule has 1 aromatic carbocycles. The minimum Gasteiger partial charge on any atom is -0.402 e. The Hall–Kier alpha value is -2.74. The molecule has 162 valence electrons. The molecule has 0 radical (unpaired) electrons. The molecule has 0 aliphatic carbocycles. The van der Waals surface area contributed by atoms with Gasteiger partial charge in [0.15, 0.2) is 5.65 Å². The summed E-state index contributed by atoms with van der Waals surface area (Å²) in [7, 11) is -7.28. The zero-order valence-electron chi connectivity index (χ0n) is 16.5. The van der Waals surface area contributed by atoms with Crippen LogP contribution in [0.1, 0.15) is 28.2 Å². The number of aryl methyl sites for hydroxylation is 2. The number of aromatic nitrogens is 3. The first kappa shape index (κ1) is 22.9.